The van der Waals surface area contributed by atoms with Crippen molar-refractivity contribution in [3.05, 3.63) is 40.3 Å². The van der Waals surface area contributed by atoms with Crippen molar-refractivity contribution in [3.63, 3.8) is 0 Å². The Kier molecular flexibility index (Phi) is 2.52. The average molecular weight is 255 g/mol. The van der Waals surface area contributed by atoms with Gasteiger partial charge in [0.1, 0.15) is 13.5 Å². The summed E-state index contributed by atoms with van der Waals surface area (Å²) in [6.45, 7) is 0. The zero-order chi connectivity index (χ0) is 12.7. The van der Waals surface area contributed by atoms with Gasteiger partial charge in [-0.1, -0.05) is 5.46 Å². The number of pyridine rings is 1. The molecular formula is C12H10BN3OS. The van der Waals surface area contributed by atoms with Crippen LogP contribution in [0.2, 0.25) is 0 Å². The maximum atomic E-state index is 12.1. The van der Waals surface area contributed by atoms with Crippen LogP contribution in [0.1, 0.15) is 0 Å². The van der Waals surface area contributed by atoms with Gasteiger partial charge in [-0.2, -0.15) is 5.10 Å². The molecule has 3 rings (SSSR count). The van der Waals surface area contributed by atoms with Gasteiger partial charge in [0.15, 0.2) is 0 Å². The fourth-order valence-corrected chi connectivity index (χ4v) is 3.03. The molecule has 0 unspecified atom stereocenters. The van der Waals surface area contributed by atoms with Crippen molar-refractivity contribution in [2.24, 2.45) is 7.05 Å². The lowest BCUT2D eigenvalue weighted by Gasteiger charge is -2.05. The molecule has 0 saturated carbocycles. The van der Waals surface area contributed by atoms with Gasteiger partial charge in [0.05, 0.1) is 10.1 Å². The fourth-order valence-electron chi connectivity index (χ4n) is 1.99. The first-order valence-corrected chi connectivity index (χ1v) is 6.42. The molecule has 0 atom stereocenters. The van der Waals surface area contributed by atoms with Gasteiger partial charge >= 0.3 is 0 Å². The van der Waals surface area contributed by atoms with Crippen LogP contribution in [-0.2, 0) is 7.05 Å². The number of thiophene rings is 1. The smallest absolute Gasteiger partial charge is 0.267 e. The van der Waals surface area contributed by atoms with Crippen LogP contribution in [0.4, 0.5) is 0 Å². The van der Waals surface area contributed by atoms with E-state index in [2.05, 4.69) is 10.1 Å². The highest BCUT2D eigenvalue weighted by Gasteiger charge is 2.13. The SMILES string of the molecule is Bc1csc2c(-c3ccncc3)nn(C)c(=O)c12. The van der Waals surface area contributed by atoms with E-state index in [9.17, 15) is 4.79 Å². The number of aromatic nitrogens is 3. The molecule has 0 aliphatic heterocycles. The first-order chi connectivity index (χ1) is 8.68. The van der Waals surface area contributed by atoms with E-state index in [0.717, 1.165) is 26.8 Å². The van der Waals surface area contributed by atoms with Crippen LogP contribution in [-0.4, -0.2) is 22.6 Å². The molecule has 0 radical (unpaired) electrons. The summed E-state index contributed by atoms with van der Waals surface area (Å²) in [5.41, 5.74) is 2.79. The highest BCUT2D eigenvalue weighted by molar-refractivity contribution is 7.18. The quantitative estimate of drug-likeness (QED) is 0.588. The topological polar surface area (TPSA) is 47.8 Å². The Bertz CT molecular complexity index is 779. The van der Waals surface area contributed by atoms with Crippen LogP contribution in [0.15, 0.2) is 34.7 Å². The standard InChI is InChI=1S/C12H10BN3OS/c1-16-12(17)9-8(13)6-18-11(9)10(15-16)7-2-4-14-5-3-7/h2-6H,13H2,1H3. The van der Waals surface area contributed by atoms with Crippen LogP contribution >= 0.6 is 11.3 Å². The van der Waals surface area contributed by atoms with Gasteiger partial charge in [0.25, 0.3) is 5.56 Å². The van der Waals surface area contributed by atoms with E-state index in [1.54, 1.807) is 30.8 Å². The second-order valence-corrected chi connectivity index (χ2v) is 5.02. The zero-order valence-electron chi connectivity index (χ0n) is 10.0. The predicted octanol–water partition coefficient (Wildman–Crippen LogP) is 0.315. The summed E-state index contributed by atoms with van der Waals surface area (Å²) in [7, 11) is 3.64. The maximum absolute atomic E-state index is 12.1. The first kappa shape index (κ1) is 11.2. The summed E-state index contributed by atoms with van der Waals surface area (Å²) < 4.78 is 2.35. The molecule has 0 spiro atoms. The van der Waals surface area contributed by atoms with Crippen molar-refractivity contribution in [1.29, 1.82) is 0 Å². The van der Waals surface area contributed by atoms with Gasteiger partial charge < -0.3 is 0 Å². The van der Waals surface area contributed by atoms with Crippen molar-refractivity contribution in [3.8, 4) is 11.3 Å². The van der Waals surface area contributed by atoms with Gasteiger partial charge in [0.2, 0.25) is 0 Å². The van der Waals surface area contributed by atoms with E-state index >= 15 is 0 Å². The van der Waals surface area contributed by atoms with Crippen LogP contribution in [0, 0.1) is 0 Å². The molecule has 0 bridgehead atoms. The molecule has 18 heavy (non-hydrogen) atoms. The summed E-state index contributed by atoms with van der Waals surface area (Å²) >= 11 is 1.56. The van der Waals surface area contributed by atoms with Crippen molar-refractivity contribution < 1.29 is 0 Å². The monoisotopic (exact) mass is 255 g/mol. The Labute approximate surface area is 108 Å². The molecule has 3 aromatic heterocycles. The number of fused-ring (bicyclic) bond motifs is 1. The number of rotatable bonds is 1. The summed E-state index contributed by atoms with van der Waals surface area (Å²) in [6.07, 6.45) is 3.46. The summed E-state index contributed by atoms with van der Waals surface area (Å²) in [4.78, 5) is 16.1. The van der Waals surface area contributed by atoms with E-state index in [0.29, 0.717) is 0 Å². The van der Waals surface area contributed by atoms with E-state index in [-0.39, 0.29) is 5.56 Å². The molecule has 0 aliphatic rings. The second-order valence-electron chi connectivity index (χ2n) is 4.14. The fraction of sp³-hybridized carbons (Fsp3) is 0.0833. The Balaban J connectivity index is 2.45. The molecule has 4 nitrogen and oxygen atoms in total. The van der Waals surface area contributed by atoms with E-state index in [4.69, 9.17) is 0 Å². The van der Waals surface area contributed by atoms with E-state index in [1.165, 1.54) is 4.68 Å². The van der Waals surface area contributed by atoms with Crippen LogP contribution in [0.25, 0.3) is 21.3 Å². The van der Waals surface area contributed by atoms with Crippen molar-refractivity contribution in [1.82, 2.24) is 14.8 Å². The Morgan fingerprint density at radius 1 is 1.33 bits per heavy atom. The molecule has 3 heterocycles. The number of aryl methyl sites for hydroxylation is 1. The van der Waals surface area contributed by atoms with Gasteiger partial charge in [-0.05, 0) is 17.5 Å². The van der Waals surface area contributed by atoms with Gasteiger partial charge in [0, 0.05) is 25.0 Å². The van der Waals surface area contributed by atoms with Crippen LogP contribution in [0.5, 0.6) is 0 Å². The molecule has 3 aromatic rings. The highest BCUT2D eigenvalue weighted by atomic mass is 32.1. The number of nitrogens with zero attached hydrogens (tertiary/aromatic N) is 3. The number of hydrogen-bond acceptors (Lipinski definition) is 4. The normalized spacial score (nSPS) is 10.9. The molecule has 0 fully saturated rings. The Hall–Kier alpha value is -1.95. The molecule has 0 saturated heterocycles. The third-order valence-corrected chi connectivity index (χ3v) is 4.01. The predicted molar refractivity (Wildman–Crippen MR) is 76.3 cm³/mol. The van der Waals surface area contributed by atoms with Crippen LogP contribution in [0.3, 0.4) is 0 Å². The zero-order valence-corrected chi connectivity index (χ0v) is 10.9. The third-order valence-electron chi connectivity index (χ3n) is 2.90. The first-order valence-electron chi connectivity index (χ1n) is 5.54. The van der Waals surface area contributed by atoms with Crippen molar-refractivity contribution in [2.45, 2.75) is 0 Å². The molecule has 0 aromatic carbocycles. The second kappa shape index (κ2) is 4.06. The summed E-state index contributed by atoms with van der Waals surface area (Å²) in [5, 5.41) is 7.14. The minimum Gasteiger partial charge on any atom is -0.267 e. The highest BCUT2D eigenvalue weighted by Crippen LogP contribution is 2.26. The largest absolute Gasteiger partial charge is 0.274 e. The average Bonchev–Trinajstić information content (AvgIpc) is 2.77. The van der Waals surface area contributed by atoms with Crippen molar-refractivity contribution in [2.75, 3.05) is 0 Å². The lowest BCUT2D eigenvalue weighted by atomic mass is 9.96. The van der Waals surface area contributed by atoms with Gasteiger partial charge in [-0.3, -0.25) is 9.78 Å². The molecular weight excluding hydrogens is 245 g/mol. The molecule has 0 amide bonds. The van der Waals surface area contributed by atoms with E-state index in [1.807, 2.05) is 25.4 Å². The lowest BCUT2D eigenvalue weighted by Crippen LogP contribution is -2.23. The molecule has 6 heteroatoms. The summed E-state index contributed by atoms with van der Waals surface area (Å²) in [6, 6.07) is 3.81. The van der Waals surface area contributed by atoms with Crippen molar-refractivity contribution >= 4 is 34.7 Å². The van der Waals surface area contributed by atoms with Gasteiger partial charge in [-0.25, -0.2) is 4.68 Å². The lowest BCUT2D eigenvalue weighted by molar-refractivity contribution is 0.723. The minimum absolute atomic E-state index is 0.0402. The number of hydrogen-bond donors (Lipinski definition) is 0. The summed E-state index contributed by atoms with van der Waals surface area (Å²) in [5.74, 6) is 0. The van der Waals surface area contributed by atoms with Gasteiger partial charge in [-0.15, -0.1) is 11.3 Å². The minimum atomic E-state index is -0.0402. The maximum Gasteiger partial charge on any atom is 0.274 e. The van der Waals surface area contributed by atoms with E-state index < -0.39 is 0 Å². The molecule has 0 aliphatic carbocycles. The van der Waals surface area contributed by atoms with Crippen LogP contribution < -0.4 is 11.0 Å². The molecule has 88 valence electrons. The molecule has 0 N–H and O–H groups in total. The Morgan fingerprint density at radius 3 is 2.78 bits per heavy atom. The third kappa shape index (κ3) is 1.57. The Morgan fingerprint density at radius 2 is 2.06 bits per heavy atom.